The van der Waals surface area contributed by atoms with E-state index >= 15 is 0 Å². The molecule has 9 heteroatoms. The Morgan fingerprint density at radius 2 is 2.09 bits per heavy atom. The van der Waals surface area contributed by atoms with Crippen molar-refractivity contribution in [3.8, 4) is 5.75 Å². The fraction of sp³-hybridized carbons (Fsp3) is 0.357. The lowest BCUT2D eigenvalue weighted by Crippen LogP contribution is -2.52. The summed E-state index contributed by atoms with van der Waals surface area (Å²) >= 11 is 0. The lowest BCUT2D eigenvalue weighted by molar-refractivity contribution is -0.385. The van der Waals surface area contributed by atoms with Gasteiger partial charge in [-0.3, -0.25) is 29.8 Å². The van der Waals surface area contributed by atoms with Gasteiger partial charge in [0.25, 0.3) is 11.6 Å². The standard InChI is InChI=1S/C14H13N3O6/c1-23-11-5-7(17(21)22)4-8-9(11)6-16(14(8)20)10-2-3-12(18)15-13(10)19/h4-5,10H,2-3,6H2,1H3,(H,15,18,19). The summed E-state index contributed by atoms with van der Waals surface area (Å²) in [6, 6.07) is 1.67. The predicted octanol–water partition coefficient (Wildman–Crippen LogP) is 0.364. The normalized spacial score (nSPS) is 20.3. The first kappa shape index (κ1) is 14.9. The van der Waals surface area contributed by atoms with Gasteiger partial charge in [-0.05, 0) is 6.42 Å². The zero-order valence-corrected chi connectivity index (χ0v) is 12.2. The highest BCUT2D eigenvalue weighted by molar-refractivity contribution is 6.06. The molecule has 1 unspecified atom stereocenters. The van der Waals surface area contributed by atoms with Crippen molar-refractivity contribution < 1.29 is 24.0 Å². The number of fused-ring (bicyclic) bond motifs is 1. The molecule has 2 aliphatic heterocycles. The van der Waals surface area contributed by atoms with Crippen molar-refractivity contribution in [3.63, 3.8) is 0 Å². The predicted molar refractivity (Wildman–Crippen MR) is 75.7 cm³/mol. The first-order valence-corrected chi connectivity index (χ1v) is 6.92. The van der Waals surface area contributed by atoms with E-state index in [2.05, 4.69) is 5.32 Å². The number of hydrogen-bond donors (Lipinski definition) is 1. The van der Waals surface area contributed by atoms with E-state index in [1.165, 1.54) is 24.1 Å². The summed E-state index contributed by atoms with van der Waals surface area (Å²) in [5.74, 6) is -1.15. The van der Waals surface area contributed by atoms with E-state index in [9.17, 15) is 24.5 Å². The number of nitrogens with zero attached hydrogens (tertiary/aromatic N) is 2. The van der Waals surface area contributed by atoms with Gasteiger partial charge < -0.3 is 9.64 Å². The molecule has 3 rings (SSSR count). The van der Waals surface area contributed by atoms with Gasteiger partial charge in [0.1, 0.15) is 11.8 Å². The Morgan fingerprint density at radius 3 is 2.70 bits per heavy atom. The number of non-ortho nitro benzene ring substituents is 1. The molecule has 0 radical (unpaired) electrons. The quantitative estimate of drug-likeness (QED) is 0.488. The van der Waals surface area contributed by atoms with E-state index in [1.54, 1.807) is 0 Å². The van der Waals surface area contributed by atoms with Gasteiger partial charge >= 0.3 is 0 Å². The third kappa shape index (κ3) is 2.39. The number of carbonyl (C=O) groups is 3. The van der Waals surface area contributed by atoms with E-state index in [-0.39, 0.29) is 42.3 Å². The number of nitrogens with one attached hydrogen (secondary N) is 1. The largest absolute Gasteiger partial charge is 0.496 e. The molecular weight excluding hydrogens is 306 g/mol. The van der Waals surface area contributed by atoms with Gasteiger partial charge in [0.05, 0.1) is 30.2 Å². The molecule has 2 heterocycles. The SMILES string of the molecule is COc1cc([N+](=O)[O-])cc2c1CN(C1CCC(=O)NC1=O)C2=O. The molecule has 1 saturated heterocycles. The lowest BCUT2D eigenvalue weighted by Gasteiger charge is -2.29. The highest BCUT2D eigenvalue weighted by atomic mass is 16.6. The maximum atomic E-state index is 12.5. The van der Waals surface area contributed by atoms with Crippen LogP contribution in [0.2, 0.25) is 0 Å². The van der Waals surface area contributed by atoms with Crippen LogP contribution in [0.25, 0.3) is 0 Å². The molecule has 0 bridgehead atoms. The third-order valence-corrected chi connectivity index (χ3v) is 4.03. The lowest BCUT2D eigenvalue weighted by atomic mass is 10.0. The molecular formula is C14H13N3O6. The van der Waals surface area contributed by atoms with Crippen LogP contribution in [-0.4, -0.2) is 40.7 Å². The number of nitro benzene ring substituents is 1. The molecule has 0 aromatic heterocycles. The fourth-order valence-electron chi connectivity index (χ4n) is 2.90. The van der Waals surface area contributed by atoms with E-state index < -0.39 is 22.8 Å². The number of carbonyl (C=O) groups excluding carboxylic acids is 3. The van der Waals surface area contributed by atoms with E-state index in [4.69, 9.17) is 4.74 Å². The molecule has 3 amide bonds. The van der Waals surface area contributed by atoms with Gasteiger partial charge in [-0.2, -0.15) is 0 Å². The first-order chi connectivity index (χ1) is 10.9. The zero-order valence-electron chi connectivity index (χ0n) is 12.2. The van der Waals surface area contributed by atoms with Crippen LogP contribution in [0, 0.1) is 10.1 Å². The van der Waals surface area contributed by atoms with Crippen LogP contribution in [0.1, 0.15) is 28.8 Å². The second-order valence-electron chi connectivity index (χ2n) is 5.33. The molecule has 9 nitrogen and oxygen atoms in total. The van der Waals surface area contributed by atoms with Crippen LogP contribution >= 0.6 is 0 Å². The summed E-state index contributed by atoms with van der Waals surface area (Å²) < 4.78 is 5.14. The number of benzene rings is 1. The number of ether oxygens (including phenoxy) is 1. The number of nitro groups is 1. The highest BCUT2D eigenvalue weighted by Gasteiger charge is 2.41. The van der Waals surface area contributed by atoms with Gasteiger partial charge in [-0.1, -0.05) is 0 Å². The van der Waals surface area contributed by atoms with Crippen LogP contribution in [0.4, 0.5) is 5.69 Å². The molecule has 1 N–H and O–H groups in total. The number of imide groups is 1. The van der Waals surface area contributed by atoms with Crippen LogP contribution in [0.5, 0.6) is 5.75 Å². The van der Waals surface area contributed by atoms with Crippen LogP contribution in [0.3, 0.4) is 0 Å². The smallest absolute Gasteiger partial charge is 0.273 e. The topological polar surface area (TPSA) is 119 Å². The zero-order chi connectivity index (χ0) is 16.7. The van der Waals surface area contributed by atoms with Gasteiger partial charge in [-0.25, -0.2) is 0 Å². The average Bonchev–Trinajstić information content (AvgIpc) is 2.83. The van der Waals surface area contributed by atoms with Crippen LogP contribution < -0.4 is 10.1 Å². The summed E-state index contributed by atoms with van der Waals surface area (Å²) in [6.07, 6.45) is 0.378. The maximum absolute atomic E-state index is 12.5. The van der Waals surface area contributed by atoms with E-state index in [0.29, 0.717) is 5.56 Å². The van der Waals surface area contributed by atoms with Gasteiger partial charge in [0, 0.05) is 18.1 Å². The van der Waals surface area contributed by atoms with Gasteiger partial charge in [-0.15, -0.1) is 0 Å². The Balaban J connectivity index is 1.97. The summed E-state index contributed by atoms with van der Waals surface area (Å²) in [7, 11) is 1.36. The summed E-state index contributed by atoms with van der Waals surface area (Å²) in [4.78, 5) is 47.4. The Bertz CT molecular complexity index is 744. The van der Waals surface area contributed by atoms with Gasteiger partial charge in [0.2, 0.25) is 11.8 Å². The molecule has 120 valence electrons. The maximum Gasteiger partial charge on any atom is 0.273 e. The van der Waals surface area contributed by atoms with Crippen LogP contribution in [0.15, 0.2) is 12.1 Å². The van der Waals surface area contributed by atoms with Crippen LogP contribution in [-0.2, 0) is 16.1 Å². The van der Waals surface area contributed by atoms with Crippen molar-refractivity contribution in [2.45, 2.75) is 25.4 Å². The van der Waals surface area contributed by atoms with E-state index in [0.717, 1.165) is 0 Å². The number of rotatable bonds is 3. The second kappa shape index (κ2) is 5.34. The molecule has 1 aromatic carbocycles. The summed E-state index contributed by atoms with van der Waals surface area (Å²) in [5, 5.41) is 13.2. The number of hydrogen-bond acceptors (Lipinski definition) is 6. The Kier molecular flexibility index (Phi) is 3.47. The molecule has 23 heavy (non-hydrogen) atoms. The van der Waals surface area contributed by atoms with Crippen molar-refractivity contribution in [2.24, 2.45) is 0 Å². The van der Waals surface area contributed by atoms with E-state index in [1.807, 2.05) is 0 Å². The van der Waals surface area contributed by atoms with Gasteiger partial charge in [0.15, 0.2) is 0 Å². The highest BCUT2D eigenvalue weighted by Crippen LogP contribution is 2.36. The summed E-state index contributed by atoms with van der Waals surface area (Å²) in [6.45, 7) is 0.113. The number of piperidine rings is 1. The minimum atomic E-state index is -0.767. The molecule has 2 aliphatic rings. The minimum absolute atomic E-state index is 0.113. The average molecular weight is 319 g/mol. The number of methoxy groups -OCH3 is 1. The van der Waals surface area contributed by atoms with Crippen molar-refractivity contribution in [1.29, 1.82) is 0 Å². The fourth-order valence-corrected chi connectivity index (χ4v) is 2.90. The Morgan fingerprint density at radius 1 is 1.35 bits per heavy atom. The third-order valence-electron chi connectivity index (χ3n) is 4.03. The van der Waals surface area contributed by atoms with Crippen molar-refractivity contribution in [2.75, 3.05) is 7.11 Å². The van der Waals surface area contributed by atoms with Crippen molar-refractivity contribution in [3.05, 3.63) is 33.4 Å². The summed E-state index contributed by atoms with van der Waals surface area (Å²) in [5.41, 5.74) is 0.410. The Hall–Kier alpha value is -2.97. The molecule has 1 aromatic rings. The number of amides is 3. The molecule has 0 aliphatic carbocycles. The van der Waals surface area contributed by atoms with Crippen molar-refractivity contribution in [1.82, 2.24) is 10.2 Å². The van der Waals surface area contributed by atoms with Crippen molar-refractivity contribution >= 4 is 23.4 Å². The first-order valence-electron chi connectivity index (χ1n) is 6.92. The monoisotopic (exact) mass is 319 g/mol. The second-order valence-corrected chi connectivity index (χ2v) is 5.33. The molecule has 1 fully saturated rings. The molecule has 0 saturated carbocycles. The minimum Gasteiger partial charge on any atom is -0.496 e. The Labute approximate surface area is 130 Å². The molecule has 1 atom stereocenters. The molecule has 0 spiro atoms.